The number of aldehydes is 1. The van der Waals surface area contributed by atoms with E-state index in [4.69, 9.17) is 11.6 Å². The lowest BCUT2D eigenvalue weighted by atomic mass is 10.0. The molecule has 0 bridgehead atoms. The highest BCUT2D eigenvalue weighted by atomic mass is 35.5. The lowest BCUT2D eigenvalue weighted by molar-refractivity contribution is -0.248. The van der Waals surface area contributed by atoms with Crippen molar-refractivity contribution < 1.29 is 15.2 Å². The predicted octanol–water partition coefficient (Wildman–Crippen LogP) is 2.44. The zero-order valence-electron chi connectivity index (χ0n) is 11.1. The summed E-state index contributed by atoms with van der Waals surface area (Å²) in [7, 11) is 0. The largest absolute Gasteiger partial charge is 0.312 e. The number of hydrogen-bond donors (Lipinski definition) is 2. The van der Waals surface area contributed by atoms with Crippen molar-refractivity contribution in [1.29, 1.82) is 0 Å². The zero-order valence-corrected chi connectivity index (χ0v) is 11.8. The Morgan fingerprint density at radius 1 is 1.26 bits per heavy atom. The van der Waals surface area contributed by atoms with Crippen molar-refractivity contribution in [2.24, 2.45) is 0 Å². The minimum Gasteiger partial charge on any atom is -0.312 e. The Morgan fingerprint density at radius 3 is 2.32 bits per heavy atom. The number of benzene rings is 1. The Morgan fingerprint density at radius 2 is 1.84 bits per heavy atom. The van der Waals surface area contributed by atoms with Gasteiger partial charge in [-0.1, -0.05) is 25.4 Å². The second kappa shape index (κ2) is 7.57. The van der Waals surface area contributed by atoms with Crippen LogP contribution in [-0.4, -0.2) is 46.1 Å². The number of carbonyl (C=O) groups is 1. The summed E-state index contributed by atoms with van der Waals surface area (Å²) >= 11 is 5.92. The topological polar surface area (TPSA) is 64.0 Å². The SMILES string of the molecule is CCN(O)C(Cc1cc(Cl)ccc1C=O)N(O)CC. The number of likely N-dealkylation sites (N-methyl/N-ethyl adjacent to an activating group) is 2. The van der Waals surface area contributed by atoms with Crippen LogP contribution in [0.2, 0.25) is 5.02 Å². The molecule has 1 rings (SSSR count). The lowest BCUT2D eigenvalue weighted by Crippen LogP contribution is -2.46. The van der Waals surface area contributed by atoms with E-state index in [0.29, 0.717) is 35.7 Å². The molecule has 2 N–H and O–H groups in total. The predicted molar refractivity (Wildman–Crippen MR) is 72.7 cm³/mol. The molecular weight excluding hydrogens is 268 g/mol. The van der Waals surface area contributed by atoms with Crippen LogP contribution in [0.3, 0.4) is 0 Å². The molecule has 0 aliphatic heterocycles. The molecule has 0 spiro atoms. The molecule has 6 heteroatoms. The summed E-state index contributed by atoms with van der Waals surface area (Å²) in [6, 6.07) is 4.94. The monoisotopic (exact) mass is 286 g/mol. The number of halogens is 1. The van der Waals surface area contributed by atoms with Crippen molar-refractivity contribution in [2.75, 3.05) is 13.1 Å². The van der Waals surface area contributed by atoms with Crippen molar-refractivity contribution >= 4 is 17.9 Å². The van der Waals surface area contributed by atoms with E-state index < -0.39 is 6.17 Å². The fraction of sp³-hybridized carbons (Fsp3) is 0.462. The molecule has 0 heterocycles. The van der Waals surface area contributed by atoms with Crippen LogP contribution in [0.5, 0.6) is 0 Å². The lowest BCUT2D eigenvalue weighted by Gasteiger charge is -2.31. The minimum absolute atomic E-state index is 0.295. The number of hydrogen-bond acceptors (Lipinski definition) is 5. The van der Waals surface area contributed by atoms with E-state index in [9.17, 15) is 15.2 Å². The van der Waals surface area contributed by atoms with Gasteiger partial charge < -0.3 is 10.4 Å². The Kier molecular flexibility index (Phi) is 6.41. The molecule has 0 amide bonds. The smallest absolute Gasteiger partial charge is 0.150 e. The third kappa shape index (κ3) is 4.26. The normalized spacial score (nSPS) is 11.6. The molecule has 0 aliphatic carbocycles. The molecule has 0 unspecified atom stereocenters. The van der Waals surface area contributed by atoms with Gasteiger partial charge in [-0.05, 0) is 23.8 Å². The highest BCUT2D eigenvalue weighted by Gasteiger charge is 2.22. The minimum atomic E-state index is -0.618. The first kappa shape index (κ1) is 16.1. The molecule has 0 aliphatic rings. The van der Waals surface area contributed by atoms with Gasteiger partial charge in [0, 0.05) is 30.1 Å². The molecule has 0 radical (unpaired) electrons. The summed E-state index contributed by atoms with van der Waals surface area (Å²) in [6.45, 7) is 4.27. The third-order valence-corrected chi connectivity index (χ3v) is 3.21. The molecule has 0 atom stereocenters. The highest BCUT2D eigenvalue weighted by molar-refractivity contribution is 6.30. The van der Waals surface area contributed by atoms with Crippen molar-refractivity contribution in [3.63, 3.8) is 0 Å². The molecule has 0 aromatic heterocycles. The Balaban J connectivity index is 3.01. The Hall–Kier alpha value is -0.980. The van der Waals surface area contributed by atoms with Gasteiger partial charge >= 0.3 is 0 Å². The molecule has 0 fully saturated rings. The number of hydroxylamine groups is 4. The highest BCUT2D eigenvalue weighted by Crippen LogP contribution is 2.18. The van der Waals surface area contributed by atoms with Gasteiger partial charge in [0.1, 0.15) is 12.5 Å². The second-order valence-corrected chi connectivity index (χ2v) is 4.59. The van der Waals surface area contributed by atoms with Crippen LogP contribution in [0.1, 0.15) is 29.8 Å². The summed E-state index contributed by atoms with van der Waals surface area (Å²) in [5.41, 5.74) is 1.19. The van der Waals surface area contributed by atoms with E-state index in [-0.39, 0.29) is 0 Å². The molecule has 1 aromatic carbocycles. The summed E-state index contributed by atoms with van der Waals surface area (Å²) in [4.78, 5) is 11.0. The van der Waals surface area contributed by atoms with E-state index >= 15 is 0 Å². The average Bonchev–Trinajstić information content (AvgIpc) is 2.43. The van der Waals surface area contributed by atoms with Gasteiger partial charge in [-0.3, -0.25) is 4.79 Å². The van der Waals surface area contributed by atoms with Crippen LogP contribution in [0.15, 0.2) is 18.2 Å². The van der Waals surface area contributed by atoms with Gasteiger partial charge in [0.15, 0.2) is 0 Å². The summed E-state index contributed by atoms with van der Waals surface area (Å²) in [5, 5.41) is 22.2. The van der Waals surface area contributed by atoms with Crippen LogP contribution in [0.4, 0.5) is 0 Å². The van der Waals surface area contributed by atoms with Crippen LogP contribution in [-0.2, 0) is 6.42 Å². The van der Waals surface area contributed by atoms with Crippen molar-refractivity contribution in [3.05, 3.63) is 34.3 Å². The summed E-state index contributed by atoms with van der Waals surface area (Å²) in [5.74, 6) is 0. The number of carbonyl (C=O) groups excluding carboxylic acids is 1. The van der Waals surface area contributed by atoms with Crippen LogP contribution in [0.25, 0.3) is 0 Å². The van der Waals surface area contributed by atoms with Crippen LogP contribution in [0, 0.1) is 0 Å². The van der Waals surface area contributed by atoms with Gasteiger partial charge in [-0.2, -0.15) is 10.1 Å². The number of rotatable bonds is 7. The summed E-state index contributed by atoms with van der Waals surface area (Å²) < 4.78 is 0. The maximum absolute atomic E-state index is 11.0. The fourth-order valence-electron chi connectivity index (χ4n) is 1.85. The van der Waals surface area contributed by atoms with Gasteiger partial charge in [-0.15, -0.1) is 0 Å². The third-order valence-electron chi connectivity index (χ3n) is 2.97. The van der Waals surface area contributed by atoms with Crippen molar-refractivity contribution in [1.82, 2.24) is 10.1 Å². The maximum Gasteiger partial charge on any atom is 0.150 e. The summed E-state index contributed by atoms with van der Waals surface area (Å²) in [6.07, 6.45) is 0.417. The van der Waals surface area contributed by atoms with E-state index in [2.05, 4.69) is 0 Å². The first-order chi connectivity index (χ1) is 9.03. The van der Waals surface area contributed by atoms with E-state index in [0.717, 1.165) is 16.4 Å². The Bertz CT molecular complexity index is 418. The van der Waals surface area contributed by atoms with E-state index in [1.807, 2.05) is 0 Å². The van der Waals surface area contributed by atoms with Gasteiger partial charge in [0.2, 0.25) is 0 Å². The molecule has 5 nitrogen and oxygen atoms in total. The van der Waals surface area contributed by atoms with Crippen LogP contribution < -0.4 is 0 Å². The molecule has 106 valence electrons. The van der Waals surface area contributed by atoms with E-state index in [1.54, 1.807) is 32.0 Å². The average molecular weight is 287 g/mol. The molecule has 0 saturated carbocycles. The number of nitrogens with zero attached hydrogens (tertiary/aromatic N) is 2. The van der Waals surface area contributed by atoms with Gasteiger partial charge in [-0.25, -0.2) is 0 Å². The quantitative estimate of drug-likeness (QED) is 0.458. The zero-order chi connectivity index (χ0) is 14.4. The maximum atomic E-state index is 11.0. The van der Waals surface area contributed by atoms with E-state index in [1.165, 1.54) is 0 Å². The molecule has 0 saturated heterocycles. The Labute approximate surface area is 117 Å². The second-order valence-electron chi connectivity index (χ2n) is 4.16. The first-order valence-corrected chi connectivity index (χ1v) is 6.55. The van der Waals surface area contributed by atoms with Crippen molar-refractivity contribution in [2.45, 2.75) is 26.4 Å². The molecule has 1 aromatic rings. The standard InChI is InChI=1S/C13H19ClN2O3/c1-3-15(18)13(16(19)4-2)8-11-7-12(14)6-5-10(11)9-17/h5-7,9,13,18-19H,3-4,8H2,1-2H3. The van der Waals surface area contributed by atoms with Crippen LogP contribution >= 0.6 is 11.6 Å². The van der Waals surface area contributed by atoms with Gasteiger partial charge in [0.25, 0.3) is 0 Å². The first-order valence-electron chi connectivity index (χ1n) is 6.18. The van der Waals surface area contributed by atoms with Crippen molar-refractivity contribution in [3.8, 4) is 0 Å². The molecular formula is C13H19ClN2O3. The van der Waals surface area contributed by atoms with Gasteiger partial charge in [0.05, 0.1) is 0 Å². The fourth-order valence-corrected chi connectivity index (χ4v) is 2.04. The molecule has 19 heavy (non-hydrogen) atoms.